The zero-order valence-corrected chi connectivity index (χ0v) is 18.7. The van der Waals surface area contributed by atoms with Crippen molar-refractivity contribution in [2.75, 3.05) is 6.61 Å². The summed E-state index contributed by atoms with van der Waals surface area (Å²) in [5.41, 5.74) is 5.14. The topological polar surface area (TPSA) is 44.2 Å². The third kappa shape index (κ3) is 5.48. The molecule has 0 amide bonds. The van der Waals surface area contributed by atoms with E-state index in [-0.39, 0.29) is 0 Å². The Morgan fingerprint density at radius 3 is 2.35 bits per heavy atom. The van der Waals surface area contributed by atoms with Gasteiger partial charge in [-0.25, -0.2) is 4.98 Å². The lowest BCUT2D eigenvalue weighted by Crippen LogP contribution is -2.02. The van der Waals surface area contributed by atoms with Gasteiger partial charge in [-0.1, -0.05) is 66.7 Å². The van der Waals surface area contributed by atoms with Crippen molar-refractivity contribution in [1.82, 2.24) is 9.97 Å². The molecular weight excluding hydrogens is 420 g/mol. The quantitative estimate of drug-likeness (QED) is 0.246. The molecule has 0 N–H and O–H groups in total. The van der Waals surface area contributed by atoms with Crippen molar-refractivity contribution in [3.8, 4) is 11.5 Å². The number of pyridine rings is 2. The second-order valence-corrected chi connectivity index (χ2v) is 7.87. The van der Waals surface area contributed by atoms with Crippen molar-refractivity contribution in [1.29, 1.82) is 0 Å². The van der Waals surface area contributed by atoms with Crippen LogP contribution in [-0.2, 0) is 6.61 Å². The summed E-state index contributed by atoms with van der Waals surface area (Å²) in [5.74, 6) is 1.54. The largest absolute Gasteiger partial charge is 0.487 e. The van der Waals surface area contributed by atoms with Gasteiger partial charge in [0.1, 0.15) is 24.7 Å². The molecule has 0 aliphatic rings. The standard InChI is InChI=1S/C30H24N2O2/c1-2-7-23(8-3-1)19-26(21-33-29-10-6-18-31-20-29)24-13-16-28(17-14-24)34-22-27-15-12-25-9-4-5-11-30(25)32-27/h1-20H,21-22H2/b26-19-. The van der Waals surface area contributed by atoms with E-state index in [4.69, 9.17) is 9.47 Å². The summed E-state index contributed by atoms with van der Waals surface area (Å²) in [6, 6.07) is 34.3. The number of fused-ring (bicyclic) bond motifs is 1. The third-order valence-electron chi connectivity index (χ3n) is 5.44. The number of hydrogen-bond donors (Lipinski definition) is 0. The normalized spacial score (nSPS) is 11.4. The SMILES string of the molecule is C(=C(\COc1cccnc1)c1ccc(OCc2ccc3ccccc3n2)cc1)/c1ccccc1. The summed E-state index contributed by atoms with van der Waals surface area (Å²) in [6.07, 6.45) is 5.60. The maximum absolute atomic E-state index is 6.00. The van der Waals surface area contributed by atoms with E-state index in [0.717, 1.165) is 44.8 Å². The summed E-state index contributed by atoms with van der Waals surface area (Å²) >= 11 is 0. The molecular formula is C30H24N2O2. The Hall–Kier alpha value is -4.44. The van der Waals surface area contributed by atoms with Crippen LogP contribution in [0.15, 0.2) is 116 Å². The van der Waals surface area contributed by atoms with Crippen LogP contribution in [0.5, 0.6) is 11.5 Å². The molecule has 0 atom stereocenters. The Balaban J connectivity index is 1.31. The van der Waals surface area contributed by atoms with Crippen LogP contribution in [0.3, 0.4) is 0 Å². The van der Waals surface area contributed by atoms with Crippen LogP contribution in [0.25, 0.3) is 22.6 Å². The van der Waals surface area contributed by atoms with Gasteiger partial charge in [0, 0.05) is 11.6 Å². The molecule has 34 heavy (non-hydrogen) atoms. The molecule has 0 fully saturated rings. The van der Waals surface area contributed by atoms with E-state index in [1.807, 2.05) is 66.7 Å². The van der Waals surface area contributed by atoms with E-state index in [1.54, 1.807) is 12.4 Å². The van der Waals surface area contributed by atoms with E-state index in [9.17, 15) is 0 Å². The predicted octanol–water partition coefficient (Wildman–Crippen LogP) is 6.83. The maximum Gasteiger partial charge on any atom is 0.138 e. The van der Waals surface area contributed by atoms with Gasteiger partial charge in [0.25, 0.3) is 0 Å². The first kappa shape index (κ1) is 21.4. The number of hydrogen-bond acceptors (Lipinski definition) is 4. The lowest BCUT2D eigenvalue weighted by Gasteiger charge is -2.12. The summed E-state index contributed by atoms with van der Waals surface area (Å²) in [7, 11) is 0. The van der Waals surface area contributed by atoms with Gasteiger partial charge >= 0.3 is 0 Å². The van der Waals surface area contributed by atoms with Crippen LogP contribution in [-0.4, -0.2) is 16.6 Å². The van der Waals surface area contributed by atoms with E-state index in [2.05, 4.69) is 52.4 Å². The fraction of sp³-hybridized carbons (Fsp3) is 0.0667. The Morgan fingerprint density at radius 1 is 0.706 bits per heavy atom. The number of rotatable bonds is 8. The number of nitrogens with zero attached hydrogens (tertiary/aromatic N) is 2. The highest BCUT2D eigenvalue weighted by atomic mass is 16.5. The molecule has 0 unspecified atom stereocenters. The monoisotopic (exact) mass is 444 g/mol. The minimum absolute atomic E-state index is 0.418. The molecule has 5 aromatic rings. The molecule has 3 aromatic carbocycles. The second kappa shape index (κ2) is 10.5. The van der Waals surface area contributed by atoms with Gasteiger partial charge in [-0.3, -0.25) is 4.98 Å². The Kier molecular flexibility index (Phi) is 6.58. The first-order valence-electron chi connectivity index (χ1n) is 11.2. The molecule has 0 bridgehead atoms. The van der Waals surface area contributed by atoms with Gasteiger partial charge in [0.15, 0.2) is 0 Å². The molecule has 0 aliphatic heterocycles. The highest BCUT2D eigenvalue weighted by molar-refractivity contribution is 5.82. The lowest BCUT2D eigenvalue weighted by atomic mass is 10.0. The van der Waals surface area contributed by atoms with Crippen LogP contribution in [0.1, 0.15) is 16.8 Å². The third-order valence-corrected chi connectivity index (χ3v) is 5.44. The highest BCUT2D eigenvalue weighted by Crippen LogP contribution is 2.23. The predicted molar refractivity (Wildman–Crippen MR) is 137 cm³/mol. The molecule has 2 aromatic heterocycles. The Bertz CT molecular complexity index is 1380. The smallest absolute Gasteiger partial charge is 0.138 e. The van der Waals surface area contributed by atoms with Crippen LogP contribution < -0.4 is 9.47 Å². The molecule has 2 heterocycles. The molecule has 0 saturated heterocycles. The summed E-state index contributed by atoms with van der Waals surface area (Å²) in [6.45, 7) is 0.850. The number of aromatic nitrogens is 2. The van der Waals surface area contributed by atoms with Crippen molar-refractivity contribution in [2.45, 2.75) is 6.61 Å². The molecule has 0 saturated carbocycles. The van der Waals surface area contributed by atoms with E-state index >= 15 is 0 Å². The molecule has 0 spiro atoms. The number of ether oxygens (including phenoxy) is 2. The van der Waals surface area contributed by atoms with Crippen molar-refractivity contribution in [3.63, 3.8) is 0 Å². The van der Waals surface area contributed by atoms with Crippen LogP contribution in [0, 0.1) is 0 Å². The minimum atomic E-state index is 0.418. The van der Waals surface area contributed by atoms with Gasteiger partial charge in [-0.05, 0) is 59.2 Å². The Labute approximate surface area is 199 Å². The summed E-state index contributed by atoms with van der Waals surface area (Å²) in [5, 5.41) is 1.13. The van der Waals surface area contributed by atoms with Gasteiger partial charge in [0.2, 0.25) is 0 Å². The second-order valence-electron chi connectivity index (χ2n) is 7.87. The maximum atomic E-state index is 6.00. The van der Waals surface area contributed by atoms with Crippen molar-refractivity contribution >= 4 is 22.6 Å². The average molecular weight is 445 g/mol. The minimum Gasteiger partial charge on any atom is -0.487 e. The van der Waals surface area contributed by atoms with Crippen molar-refractivity contribution < 1.29 is 9.47 Å². The first-order valence-corrected chi connectivity index (χ1v) is 11.2. The lowest BCUT2D eigenvalue weighted by molar-refractivity contribution is 0.302. The molecule has 4 heteroatoms. The average Bonchev–Trinajstić information content (AvgIpc) is 2.91. The van der Waals surface area contributed by atoms with E-state index < -0.39 is 0 Å². The molecule has 5 rings (SSSR count). The Morgan fingerprint density at radius 2 is 1.53 bits per heavy atom. The molecule has 0 aliphatic carbocycles. The van der Waals surface area contributed by atoms with Gasteiger partial charge in [-0.15, -0.1) is 0 Å². The first-order chi connectivity index (χ1) is 16.8. The van der Waals surface area contributed by atoms with Crippen molar-refractivity contribution in [3.05, 3.63) is 132 Å². The van der Waals surface area contributed by atoms with Crippen LogP contribution in [0.2, 0.25) is 0 Å². The molecule has 166 valence electrons. The molecule has 4 nitrogen and oxygen atoms in total. The van der Waals surface area contributed by atoms with Crippen LogP contribution >= 0.6 is 0 Å². The summed E-state index contributed by atoms with van der Waals surface area (Å²) < 4.78 is 12.0. The number of benzene rings is 3. The van der Waals surface area contributed by atoms with E-state index in [1.165, 1.54) is 0 Å². The van der Waals surface area contributed by atoms with Crippen molar-refractivity contribution in [2.24, 2.45) is 0 Å². The van der Waals surface area contributed by atoms with Gasteiger partial charge in [0.05, 0.1) is 17.4 Å². The summed E-state index contributed by atoms with van der Waals surface area (Å²) in [4.78, 5) is 8.81. The number of para-hydroxylation sites is 1. The highest BCUT2D eigenvalue weighted by Gasteiger charge is 2.06. The van der Waals surface area contributed by atoms with E-state index in [0.29, 0.717) is 13.2 Å². The van der Waals surface area contributed by atoms with Gasteiger partial charge < -0.3 is 9.47 Å². The zero-order chi connectivity index (χ0) is 23.0. The fourth-order valence-corrected chi connectivity index (χ4v) is 3.66. The van der Waals surface area contributed by atoms with Gasteiger partial charge in [-0.2, -0.15) is 0 Å². The van der Waals surface area contributed by atoms with Crippen LogP contribution in [0.4, 0.5) is 0 Å². The zero-order valence-electron chi connectivity index (χ0n) is 18.7. The molecule has 0 radical (unpaired) electrons. The fourth-order valence-electron chi connectivity index (χ4n) is 3.66.